The Balaban J connectivity index is 2.22. The van der Waals surface area contributed by atoms with Crippen molar-refractivity contribution in [2.24, 2.45) is 0 Å². The molecule has 2 aromatic carbocycles. The van der Waals surface area contributed by atoms with Gasteiger partial charge in [0.2, 0.25) is 5.60 Å². The number of benzene rings is 2. The molecule has 9 nitrogen and oxygen atoms in total. The van der Waals surface area contributed by atoms with Crippen LogP contribution in [0, 0.1) is 10.1 Å². The number of nitro benzene ring substituents is 1. The second-order valence-corrected chi connectivity index (χ2v) is 6.30. The lowest BCUT2D eigenvalue weighted by atomic mass is 9.78. The first-order chi connectivity index (χ1) is 13.3. The Bertz CT molecular complexity index is 942. The SMILES string of the molecule is COC(=O)C1(O)C(=O)Nc2cccc([N+](=O)[O-])c2CC1c1ccc(OC)cc1. The fourth-order valence-electron chi connectivity index (χ4n) is 3.39. The average molecular weight is 386 g/mol. The van der Waals surface area contributed by atoms with Crippen molar-refractivity contribution in [3.63, 3.8) is 0 Å². The maximum Gasteiger partial charge on any atom is 0.348 e. The van der Waals surface area contributed by atoms with E-state index in [4.69, 9.17) is 4.74 Å². The number of nitro groups is 1. The Hall–Kier alpha value is -3.46. The normalized spacial score (nSPS) is 21.1. The van der Waals surface area contributed by atoms with E-state index < -0.39 is 28.3 Å². The smallest absolute Gasteiger partial charge is 0.348 e. The molecule has 1 aliphatic rings. The Kier molecular flexibility index (Phi) is 5.02. The summed E-state index contributed by atoms with van der Waals surface area (Å²) in [5.74, 6) is -2.75. The highest BCUT2D eigenvalue weighted by molar-refractivity contribution is 6.13. The maximum atomic E-state index is 12.8. The highest BCUT2D eigenvalue weighted by Gasteiger charge is 2.55. The van der Waals surface area contributed by atoms with E-state index in [0.29, 0.717) is 11.3 Å². The molecule has 2 N–H and O–H groups in total. The van der Waals surface area contributed by atoms with Crippen molar-refractivity contribution in [1.29, 1.82) is 0 Å². The second kappa shape index (κ2) is 7.28. The first kappa shape index (κ1) is 19.3. The number of fused-ring (bicyclic) bond motifs is 1. The number of hydrogen-bond acceptors (Lipinski definition) is 7. The molecule has 2 atom stereocenters. The number of aliphatic hydroxyl groups is 1. The summed E-state index contributed by atoms with van der Waals surface area (Å²) in [6, 6.07) is 10.6. The summed E-state index contributed by atoms with van der Waals surface area (Å²) in [4.78, 5) is 36.2. The molecule has 0 bridgehead atoms. The summed E-state index contributed by atoms with van der Waals surface area (Å²) in [6.07, 6.45) is -0.136. The standard InChI is InChI=1S/C19H18N2O7/c1-27-12-8-6-11(7-9-12)14-10-13-15(4-3-5-16(13)21(25)26)20-17(22)19(14,24)18(23)28-2/h3-9,14,24H,10H2,1-2H3,(H,20,22). The van der Waals surface area contributed by atoms with Crippen molar-refractivity contribution in [3.05, 3.63) is 63.7 Å². The van der Waals surface area contributed by atoms with Crippen LogP contribution in [0.3, 0.4) is 0 Å². The minimum atomic E-state index is -2.57. The lowest BCUT2D eigenvalue weighted by Crippen LogP contribution is -2.54. The lowest BCUT2D eigenvalue weighted by Gasteiger charge is -2.30. The maximum absolute atomic E-state index is 12.8. The molecule has 2 aromatic rings. The number of carbonyl (C=O) groups is 2. The zero-order valence-corrected chi connectivity index (χ0v) is 15.2. The van der Waals surface area contributed by atoms with Gasteiger partial charge in [-0.15, -0.1) is 0 Å². The number of anilines is 1. The zero-order valence-electron chi connectivity index (χ0n) is 15.2. The number of amides is 1. The highest BCUT2D eigenvalue weighted by atomic mass is 16.6. The number of nitrogens with one attached hydrogen (secondary N) is 1. The first-order valence-electron chi connectivity index (χ1n) is 8.35. The first-order valence-corrected chi connectivity index (χ1v) is 8.35. The van der Waals surface area contributed by atoms with Crippen LogP contribution in [0.15, 0.2) is 42.5 Å². The van der Waals surface area contributed by atoms with Gasteiger partial charge in [0.25, 0.3) is 11.6 Å². The van der Waals surface area contributed by atoms with Crippen LogP contribution in [0.25, 0.3) is 0 Å². The highest BCUT2D eigenvalue weighted by Crippen LogP contribution is 2.41. The van der Waals surface area contributed by atoms with Crippen LogP contribution in [0.4, 0.5) is 11.4 Å². The Labute approximate surface area is 160 Å². The van der Waals surface area contributed by atoms with Gasteiger partial charge < -0.3 is 19.9 Å². The van der Waals surface area contributed by atoms with Gasteiger partial charge in [-0.3, -0.25) is 14.9 Å². The molecule has 3 rings (SSSR count). The number of hydrogen-bond donors (Lipinski definition) is 2. The van der Waals surface area contributed by atoms with Gasteiger partial charge in [-0.1, -0.05) is 18.2 Å². The molecule has 9 heteroatoms. The number of esters is 1. The van der Waals surface area contributed by atoms with Crippen molar-refractivity contribution < 1.29 is 29.1 Å². The number of rotatable bonds is 4. The minimum absolute atomic E-state index is 0.136. The van der Waals surface area contributed by atoms with Gasteiger partial charge in [0.15, 0.2) is 0 Å². The molecule has 1 amide bonds. The molecule has 146 valence electrons. The summed E-state index contributed by atoms with van der Waals surface area (Å²) >= 11 is 0. The summed E-state index contributed by atoms with van der Waals surface area (Å²) in [7, 11) is 2.54. The predicted octanol–water partition coefficient (Wildman–Crippen LogP) is 1.79. The molecule has 2 unspecified atom stereocenters. The van der Waals surface area contributed by atoms with E-state index in [2.05, 4.69) is 10.1 Å². The molecular weight excluding hydrogens is 368 g/mol. The van der Waals surface area contributed by atoms with Crippen LogP contribution in [0.1, 0.15) is 17.0 Å². The molecule has 0 aromatic heterocycles. The van der Waals surface area contributed by atoms with E-state index >= 15 is 0 Å². The summed E-state index contributed by atoms with van der Waals surface area (Å²) < 4.78 is 9.79. The molecule has 0 fully saturated rings. The fourth-order valence-corrected chi connectivity index (χ4v) is 3.39. The summed E-state index contributed by atoms with van der Waals surface area (Å²) in [6.45, 7) is 0. The minimum Gasteiger partial charge on any atom is -0.497 e. The van der Waals surface area contributed by atoms with E-state index in [-0.39, 0.29) is 23.4 Å². The summed E-state index contributed by atoms with van der Waals surface area (Å²) in [5.41, 5.74) is -1.99. The third-order valence-corrected chi connectivity index (χ3v) is 4.87. The molecule has 0 radical (unpaired) electrons. The third kappa shape index (κ3) is 3.05. The Morgan fingerprint density at radius 2 is 1.93 bits per heavy atom. The van der Waals surface area contributed by atoms with E-state index in [1.165, 1.54) is 25.3 Å². The van der Waals surface area contributed by atoms with E-state index in [1.54, 1.807) is 24.3 Å². The number of nitrogens with zero attached hydrogens (tertiary/aromatic N) is 1. The predicted molar refractivity (Wildman–Crippen MR) is 98.1 cm³/mol. The van der Waals surface area contributed by atoms with Gasteiger partial charge in [-0.2, -0.15) is 0 Å². The topological polar surface area (TPSA) is 128 Å². The molecule has 1 aliphatic heterocycles. The van der Waals surface area contributed by atoms with Crippen molar-refractivity contribution in [2.45, 2.75) is 17.9 Å². The van der Waals surface area contributed by atoms with Crippen molar-refractivity contribution in [1.82, 2.24) is 0 Å². The van der Waals surface area contributed by atoms with Crippen molar-refractivity contribution in [2.75, 3.05) is 19.5 Å². The van der Waals surface area contributed by atoms with Crippen LogP contribution in [0.2, 0.25) is 0 Å². The fraction of sp³-hybridized carbons (Fsp3) is 0.263. The van der Waals surface area contributed by atoms with Crippen LogP contribution in [-0.4, -0.2) is 41.7 Å². The average Bonchev–Trinajstić information content (AvgIpc) is 2.82. The van der Waals surface area contributed by atoms with Gasteiger partial charge in [-0.25, -0.2) is 4.79 Å². The van der Waals surface area contributed by atoms with Crippen LogP contribution in [0.5, 0.6) is 5.75 Å². The number of ether oxygens (including phenoxy) is 2. The zero-order chi connectivity index (χ0) is 20.5. The quantitative estimate of drug-likeness (QED) is 0.355. The van der Waals surface area contributed by atoms with Crippen molar-refractivity contribution >= 4 is 23.3 Å². The van der Waals surface area contributed by atoms with Crippen molar-refractivity contribution in [3.8, 4) is 5.75 Å². The van der Waals surface area contributed by atoms with Gasteiger partial charge in [-0.05, 0) is 30.2 Å². The Morgan fingerprint density at radius 1 is 1.25 bits per heavy atom. The number of carbonyl (C=O) groups excluding carboxylic acids is 2. The lowest BCUT2D eigenvalue weighted by molar-refractivity contribution is -0.385. The summed E-state index contributed by atoms with van der Waals surface area (Å²) in [5, 5.41) is 25.0. The van der Waals surface area contributed by atoms with E-state index in [0.717, 1.165) is 7.11 Å². The molecule has 0 saturated carbocycles. The number of methoxy groups -OCH3 is 2. The third-order valence-electron chi connectivity index (χ3n) is 4.87. The second-order valence-electron chi connectivity index (χ2n) is 6.30. The van der Waals surface area contributed by atoms with Gasteiger partial charge in [0, 0.05) is 12.0 Å². The van der Waals surface area contributed by atoms with Crippen LogP contribution < -0.4 is 10.1 Å². The van der Waals surface area contributed by atoms with E-state index in [9.17, 15) is 24.8 Å². The van der Waals surface area contributed by atoms with Gasteiger partial charge in [0.05, 0.1) is 30.4 Å². The molecule has 0 spiro atoms. The van der Waals surface area contributed by atoms with E-state index in [1.807, 2.05) is 0 Å². The molecular formula is C19H18N2O7. The van der Waals surface area contributed by atoms with Gasteiger partial charge >= 0.3 is 5.97 Å². The van der Waals surface area contributed by atoms with Crippen LogP contribution in [-0.2, 0) is 20.7 Å². The Morgan fingerprint density at radius 3 is 2.50 bits per heavy atom. The van der Waals surface area contributed by atoms with Gasteiger partial charge in [0.1, 0.15) is 5.75 Å². The van der Waals surface area contributed by atoms with Crippen LogP contribution >= 0.6 is 0 Å². The molecule has 0 saturated heterocycles. The molecule has 0 aliphatic carbocycles. The molecule has 1 heterocycles. The largest absolute Gasteiger partial charge is 0.497 e. The monoisotopic (exact) mass is 386 g/mol. The molecule has 28 heavy (non-hydrogen) atoms.